The Bertz CT molecular complexity index is 1870. The number of pyridine rings is 1. The number of ketones is 1. The molecule has 1 aromatic heterocycles. The lowest BCUT2D eigenvalue weighted by Crippen LogP contribution is -2.35. The summed E-state index contributed by atoms with van der Waals surface area (Å²) in [5, 5.41) is 12.8. The summed E-state index contributed by atoms with van der Waals surface area (Å²) in [6, 6.07) is 19.2. The van der Waals surface area contributed by atoms with Crippen LogP contribution < -0.4 is 14.8 Å². The van der Waals surface area contributed by atoms with Gasteiger partial charge in [0.2, 0.25) is 7.37 Å². The molecule has 47 heavy (non-hydrogen) atoms. The average molecular weight is 676 g/mol. The van der Waals surface area contributed by atoms with Crippen LogP contribution in [0.2, 0.25) is 5.02 Å². The van der Waals surface area contributed by atoms with Gasteiger partial charge in [-0.2, -0.15) is 5.26 Å². The number of halogens is 2. The van der Waals surface area contributed by atoms with Crippen LogP contribution in [0, 0.1) is 17.1 Å². The van der Waals surface area contributed by atoms with Gasteiger partial charge in [0, 0.05) is 60.4 Å². The van der Waals surface area contributed by atoms with Gasteiger partial charge < -0.3 is 19.7 Å². The van der Waals surface area contributed by atoms with E-state index in [9.17, 15) is 23.9 Å². The number of nitriles is 1. The Labute approximate surface area is 279 Å². The number of carbonyl (C=O) groups is 1. The minimum Gasteiger partial charge on any atom is -0.488 e. The highest BCUT2D eigenvalue weighted by Gasteiger charge is 2.29. The number of hydrogen-bond donors (Lipinski definition) is 2. The second kappa shape index (κ2) is 14.8. The van der Waals surface area contributed by atoms with Crippen LogP contribution in [-0.2, 0) is 28.9 Å². The number of ether oxygens (including phenoxy) is 2. The molecule has 3 aromatic carbocycles. The first-order valence-corrected chi connectivity index (χ1v) is 17.9. The Morgan fingerprint density at radius 3 is 2.66 bits per heavy atom. The van der Waals surface area contributed by atoms with E-state index in [4.69, 9.17) is 21.1 Å². The van der Waals surface area contributed by atoms with Gasteiger partial charge in [-0.05, 0) is 54.7 Å². The van der Waals surface area contributed by atoms with Gasteiger partial charge in [0.25, 0.3) is 0 Å². The Morgan fingerprint density at radius 2 is 1.91 bits per heavy atom. The normalized spacial score (nSPS) is 16.4. The van der Waals surface area contributed by atoms with E-state index in [-0.39, 0.29) is 37.3 Å². The molecule has 1 unspecified atom stereocenters. The lowest BCUT2D eigenvalue weighted by Gasteiger charge is -2.21. The van der Waals surface area contributed by atoms with Crippen molar-refractivity contribution >= 4 is 24.8 Å². The monoisotopic (exact) mass is 675 g/mol. The van der Waals surface area contributed by atoms with Gasteiger partial charge in [0.1, 0.15) is 41.9 Å². The third kappa shape index (κ3) is 8.27. The second-order valence-corrected chi connectivity index (χ2v) is 15.1. The molecule has 2 N–H and O–H groups in total. The van der Waals surface area contributed by atoms with Crippen molar-refractivity contribution in [3.8, 4) is 28.7 Å². The van der Waals surface area contributed by atoms with Crippen molar-refractivity contribution in [3.63, 3.8) is 0 Å². The highest BCUT2D eigenvalue weighted by atomic mass is 35.5. The van der Waals surface area contributed by atoms with Crippen LogP contribution in [0.25, 0.3) is 11.1 Å². The highest BCUT2D eigenvalue weighted by Crippen LogP contribution is 2.44. The summed E-state index contributed by atoms with van der Waals surface area (Å²) in [4.78, 5) is 26.7. The van der Waals surface area contributed by atoms with Crippen LogP contribution in [-0.4, -0.2) is 34.0 Å². The van der Waals surface area contributed by atoms with E-state index < -0.39 is 19.1 Å². The van der Waals surface area contributed by atoms with Gasteiger partial charge in [-0.15, -0.1) is 0 Å². The molecule has 4 atom stereocenters. The van der Waals surface area contributed by atoms with Crippen molar-refractivity contribution in [2.75, 3.05) is 6.66 Å². The van der Waals surface area contributed by atoms with E-state index >= 15 is 0 Å². The zero-order chi connectivity index (χ0) is 33.7. The van der Waals surface area contributed by atoms with E-state index in [1.165, 1.54) is 18.9 Å². The third-order valence-electron chi connectivity index (χ3n) is 8.48. The van der Waals surface area contributed by atoms with Gasteiger partial charge >= 0.3 is 0 Å². The molecule has 0 aliphatic heterocycles. The summed E-state index contributed by atoms with van der Waals surface area (Å²) in [6.07, 6.45) is 4.13. The Balaban J connectivity index is 1.39. The van der Waals surface area contributed by atoms with Gasteiger partial charge in [-0.25, -0.2) is 4.39 Å². The van der Waals surface area contributed by atoms with Gasteiger partial charge in [-0.1, -0.05) is 54.9 Å². The fourth-order valence-electron chi connectivity index (χ4n) is 5.57. The van der Waals surface area contributed by atoms with Crippen LogP contribution in [0.3, 0.4) is 0 Å². The number of carbonyl (C=O) groups excluding carboxylic acids is 1. The molecule has 0 bridgehead atoms. The van der Waals surface area contributed by atoms with Crippen molar-refractivity contribution in [1.29, 1.82) is 5.26 Å². The summed E-state index contributed by atoms with van der Waals surface area (Å²) < 4.78 is 39.4. The first-order chi connectivity index (χ1) is 22.4. The molecule has 1 heterocycles. The highest BCUT2D eigenvalue weighted by molar-refractivity contribution is 7.57. The molecule has 5 rings (SSSR count). The summed E-state index contributed by atoms with van der Waals surface area (Å²) in [6.45, 7) is 4.89. The molecule has 0 radical (unpaired) electrons. The van der Waals surface area contributed by atoms with Crippen LogP contribution in [0.5, 0.6) is 11.5 Å². The van der Waals surface area contributed by atoms with Crippen molar-refractivity contribution in [2.24, 2.45) is 0 Å². The van der Waals surface area contributed by atoms with Crippen molar-refractivity contribution in [3.05, 3.63) is 112 Å². The van der Waals surface area contributed by atoms with E-state index in [0.717, 1.165) is 16.7 Å². The van der Waals surface area contributed by atoms with E-state index in [0.29, 0.717) is 51.6 Å². The molecule has 8 nitrogen and oxygen atoms in total. The zero-order valence-electron chi connectivity index (χ0n) is 26.4. The number of benzene rings is 3. The van der Waals surface area contributed by atoms with E-state index in [2.05, 4.69) is 16.4 Å². The van der Waals surface area contributed by atoms with E-state index in [1.54, 1.807) is 50.4 Å². The van der Waals surface area contributed by atoms with E-state index in [1.807, 2.05) is 24.3 Å². The fourth-order valence-corrected chi connectivity index (χ4v) is 6.32. The van der Waals surface area contributed by atoms with Crippen molar-refractivity contribution in [2.45, 2.75) is 64.1 Å². The molecular weight excluding hydrogens is 640 g/mol. The molecule has 1 aliphatic rings. The lowest BCUT2D eigenvalue weighted by molar-refractivity contribution is -0.120. The summed E-state index contributed by atoms with van der Waals surface area (Å²) >= 11 is 6.78. The summed E-state index contributed by atoms with van der Waals surface area (Å²) in [5.41, 5.74) is 4.51. The van der Waals surface area contributed by atoms with Gasteiger partial charge in [-0.3, -0.25) is 14.3 Å². The minimum absolute atomic E-state index is 0.0287. The smallest absolute Gasteiger partial charge is 0.200 e. The number of nitrogens with one attached hydrogen (secondary N) is 1. The second-order valence-electron chi connectivity index (χ2n) is 11.9. The van der Waals surface area contributed by atoms with Crippen molar-refractivity contribution < 1.29 is 28.1 Å². The number of Topliss-reactive ketones (excluding diaryl/α,β-unsaturated/α-hetero) is 1. The molecule has 0 fully saturated rings. The Morgan fingerprint density at radius 1 is 1.15 bits per heavy atom. The molecular formula is C36H36ClFN3O5P. The van der Waals surface area contributed by atoms with Crippen LogP contribution >= 0.6 is 19.0 Å². The largest absolute Gasteiger partial charge is 0.488 e. The Hall–Kier alpha value is -4.06. The maximum Gasteiger partial charge on any atom is 0.200 e. The first kappa shape index (κ1) is 34.3. The standard InChI is InChI=1S/C36H36ClFN3O5P/c1-22(47(3,43)44)13-33(42)23(2)41-20-26-15-31(37)36(16-35(26)45-21-25-14-24(17-39)18-40-19-25)46-34-12-11-28-27(8-6-9-30(28)34)29-7-4-5-10-32(29)38/h4-10,14-16,18-19,22-23,34,41H,11-13,20-21H2,1-3H3,(H,43,44)/t22-,23+,34+/m1/s1. The van der Waals surface area contributed by atoms with Crippen LogP contribution in [0.4, 0.5) is 4.39 Å². The average Bonchev–Trinajstić information content (AvgIpc) is 3.46. The maximum atomic E-state index is 14.7. The topological polar surface area (TPSA) is 122 Å². The number of aromatic nitrogens is 1. The summed E-state index contributed by atoms with van der Waals surface area (Å²) in [7, 11) is -3.39. The molecule has 0 amide bonds. The predicted molar refractivity (Wildman–Crippen MR) is 179 cm³/mol. The predicted octanol–water partition coefficient (Wildman–Crippen LogP) is 7.78. The van der Waals surface area contributed by atoms with Gasteiger partial charge in [0.05, 0.1) is 16.6 Å². The van der Waals surface area contributed by atoms with Gasteiger partial charge in [0.15, 0.2) is 0 Å². The lowest BCUT2D eigenvalue weighted by atomic mass is 9.96. The molecule has 1 aliphatic carbocycles. The number of fused-ring (bicyclic) bond motifs is 1. The maximum absolute atomic E-state index is 14.7. The molecule has 4 aromatic rings. The number of hydrogen-bond acceptors (Lipinski definition) is 7. The third-order valence-corrected chi connectivity index (χ3v) is 10.6. The number of nitrogens with zero attached hydrogens (tertiary/aromatic N) is 2. The molecule has 0 saturated heterocycles. The molecule has 0 saturated carbocycles. The number of rotatable bonds is 13. The zero-order valence-corrected chi connectivity index (χ0v) is 28.0. The first-order valence-electron chi connectivity index (χ1n) is 15.3. The summed E-state index contributed by atoms with van der Waals surface area (Å²) in [5.74, 6) is 0.400. The molecule has 11 heteroatoms. The van der Waals surface area contributed by atoms with Crippen molar-refractivity contribution in [1.82, 2.24) is 10.3 Å². The SMILES string of the molecule is C[C@H](NCc1cc(Cl)c(O[C@H]2CCc3c(-c4ccccc4F)cccc32)cc1OCc1cncc(C#N)c1)C(=O)C[C@@H](C)P(C)(=O)O. The minimum atomic E-state index is -3.39. The fraction of sp³-hybridized carbons (Fsp3) is 0.306. The Kier molecular flexibility index (Phi) is 10.8. The van der Waals surface area contributed by atoms with Crippen LogP contribution in [0.15, 0.2) is 73.1 Å². The molecule has 244 valence electrons. The quantitative estimate of drug-likeness (QED) is 0.138. The molecule has 0 spiro atoms. The van der Waals surface area contributed by atoms with Crippen LogP contribution in [0.1, 0.15) is 60.6 Å².